The topological polar surface area (TPSA) is 52.5 Å². The summed E-state index contributed by atoms with van der Waals surface area (Å²) < 4.78 is 0. The first-order valence-corrected chi connectivity index (χ1v) is 8.63. The van der Waals surface area contributed by atoms with Crippen LogP contribution in [0.15, 0.2) is 36.7 Å². The highest BCUT2D eigenvalue weighted by atomic mass is 16.3. The molecule has 1 atom stereocenters. The van der Waals surface area contributed by atoms with Crippen LogP contribution in [0.4, 0.5) is 5.95 Å². The third kappa shape index (κ3) is 4.10. The maximum Gasteiger partial charge on any atom is 0.225 e. The fourth-order valence-corrected chi connectivity index (χ4v) is 3.21. The number of aliphatic hydroxyl groups is 1. The summed E-state index contributed by atoms with van der Waals surface area (Å²) in [6.07, 6.45) is 3.96. The average Bonchev–Trinajstić information content (AvgIpc) is 2.63. The van der Waals surface area contributed by atoms with Crippen molar-refractivity contribution < 1.29 is 5.11 Å². The molecular weight excluding hydrogens is 300 g/mol. The van der Waals surface area contributed by atoms with Gasteiger partial charge in [0.15, 0.2) is 0 Å². The highest BCUT2D eigenvalue weighted by Crippen LogP contribution is 2.22. The van der Waals surface area contributed by atoms with Crippen LogP contribution < -0.4 is 4.90 Å². The van der Waals surface area contributed by atoms with Crippen LogP contribution in [0.1, 0.15) is 29.2 Å². The van der Waals surface area contributed by atoms with E-state index in [1.807, 2.05) is 6.07 Å². The number of rotatable bonds is 5. The number of nitrogens with zero attached hydrogens (tertiary/aromatic N) is 4. The number of aryl methyl sites for hydroxylation is 2. The first-order valence-electron chi connectivity index (χ1n) is 8.63. The summed E-state index contributed by atoms with van der Waals surface area (Å²) in [5.74, 6) is 0.813. The molecule has 2 aromatic rings. The Morgan fingerprint density at radius 1 is 1.08 bits per heavy atom. The molecular formula is C19H26N4O. The zero-order chi connectivity index (χ0) is 16.9. The van der Waals surface area contributed by atoms with Crippen LogP contribution in [0.25, 0.3) is 0 Å². The Balaban J connectivity index is 1.49. The molecule has 1 aliphatic heterocycles. The molecule has 5 heteroatoms. The first-order chi connectivity index (χ1) is 11.6. The summed E-state index contributed by atoms with van der Waals surface area (Å²) in [6, 6.07) is 8.13. The number of hydrogen-bond donors (Lipinski definition) is 1. The van der Waals surface area contributed by atoms with Crippen molar-refractivity contribution in [1.82, 2.24) is 14.9 Å². The van der Waals surface area contributed by atoms with E-state index in [2.05, 4.69) is 51.8 Å². The Labute approximate surface area is 144 Å². The molecule has 0 amide bonds. The molecule has 128 valence electrons. The van der Waals surface area contributed by atoms with E-state index < -0.39 is 0 Å². The molecule has 0 radical (unpaired) electrons. The summed E-state index contributed by atoms with van der Waals surface area (Å²) in [4.78, 5) is 13.3. The molecule has 1 aromatic heterocycles. The summed E-state index contributed by atoms with van der Waals surface area (Å²) in [5, 5.41) is 10.5. The fourth-order valence-electron chi connectivity index (χ4n) is 3.21. The minimum atomic E-state index is -0.389. The number of aliphatic hydroxyl groups excluding tert-OH is 1. The van der Waals surface area contributed by atoms with Crippen molar-refractivity contribution in [3.63, 3.8) is 0 Å². The maximum atomic E-state index is 10.5. The van der Waals surface area contributed by atoms with Gasteiger partial charge in [-0.25, -0.2) is 9.97 Å². The predicted octanol–water partition coefficient (Wildman–Crippen LogP) is 2.34. The van der Waals surface area contributed by atoms with E-state index >= 15 is 0 Å². The van der Waals surface area contributed by atoms with Gasteiger partial charge in [0.2, 0.25) is 5.95 Å². The molecule has 2 heterocycles. The van der Waals surface area contributed by atoms with Crippen molar-refractivity contribution in [3.8, 4) is 0 Å². The molecule has 1 saturated heterocycles. The van der Waals surface area contributed by atoms with Gasteiger partial charge in [-0.2, -0.15) is 0 Å². The van der Waals surface area contributed by atoms with Crippen molar-refractivity contribution in [3.05, 3.63) is 53.3 Å². The van der Waals surface area contributed by atoms with Gasteiger partial charge in [0, 0.05) is 45.1 Å². The largest absolute Gasteiger partial charge is 0.388 e. The zero-order valence-electron chi connectivity index (χ0n) is 14.5. The van der Waals surface area contributed by atoms with E-state index in [9.17, 15) is 5.11 Å². The standard InChI is InChI=1S/C19H26N4O/c1-15-4-5-16(2)17(14-15)18(24)6-9-22-10-12-23(13-11-22)19-20-7-3-8-21-19/h3-5,7-8,14,18,24H,6,9-13H2,1-2H3. The first kappa shape index (κ1) is 16.9. The van der Waals surface area contributed by atoms with Crippen LogP contribution in [0.2, 0.25) is 0 Å². The normalized spacial score (nSPS) is 17.0. The van der Waals surface area contributed by atoms with Gasteiger partial charge in [0.05, 0.1) is 6.10 Å². The smallest absolute Gasteiger partial charge is 0.225 e. The molecule has 24 heavy (non-hydrogen) atoms. The Bertz CT molecular complexity index is 654. The molecule has 0 saturated carbocycles. The van der Waals surface area contributed by atoms with Gasteiger partial charge >= 0.3 is 0 Å². The van der Waals surface area contributed by atoms with E-state index in [0.29, 0.717) is 0 Å². The monoisotopic (exact) mass is 326 g/mol. The second-order valence-electron chi connectivity index (χ2n) is 6.54. The van der Waals surface area contributed by atoms with Gasteiger partial charge in [-0.3, -0.25) is 4.90 Å². The molecule has 0 bridgehead atoms. The number of benzene rings is 1. The second-order valence-corrected chi connectivity index (χ2v) is 6.54. The molecule has 5 nitrogen and oxygen atoms in total. The van der Waals surface area contributed by atoms with Crippen LogP contribution in [0.5, 0.6) is 0 Å². The van der Waals surface area contributed by atoms with Crippen molar-refractivity contribution in [2.24, 2.45) is 0 Å². The highest BCUT2D eigenvalue weighted by Gasteiger charge is 2.20. The zero-order valence-corrected chi connectivity index (χ0v) is 14.5. The third-order valence-corrected chi connectivity index (χ3v) is 4.72. The molecule has 1 aromatic carbocycles. The van der Waals surface area contributed by atoms with Gasteiger partial charge < -0.3 is 10.0 Å². The molecule has 0 spiro atoms. The number of piperazine rings is 1. The Kier molecular flexibility index (Phi) is 5.43. The molecule has 1 aliphatic rings. The lowest BCUT2D eigenvalue weighted by atomic mass is 9.99. The predicted molar refractivity (Wildman–Crippen MR) is 96.2 cm³/mol. The summed E-state index contributed by atoms with van der Waals surface area (Å²) in [7, 11) is 0. The van der Waals surface area contributed by atoms with Crippen molar-refractivity contribution >= 4 is 5.95 Å². The van der Waals surface area contributed by atoms with Crippen molar-refractivity contribution in [1.29, 1.82) is 0 Å². The van der Waals surface area contributed by atoms with Gasteiger partial charge in [0.25, 0.3) is 0 Å². The van der Waals surface area contributed by atoms with E-state index in [-0.39, 0.29) is 6.10 Å². The minimum absolute atomic E-state index is 0.389. The molecule has 1 N–H and O–H groups in total. The van der Waals surface area contributed by atoms with Crippen LogP contribution in [0, 0.1) is 13.8 Å². The van der Waals surface area contributed by atoms with Crippen LogP contribution in [-0.2, 0) is 0 Å². The lowest BCUT2D eigenvalue weighted by Gasteiger charge is -2.35. The van der Waals surface area contributed by atoms with Crippen LogP contribution >= 0.6 is 0 Å². The average molecular weight is 326 g/mol. The molecule has 0 aliphatic carbocycles. The number of aromatic nitrogens is 2. The van der Waals surface area contributed by atoms with E-state index in [4.69, 9.17) is 0 Å². The molecule has 3 rings (SSSR count). The van der Waals surface area contributed by atoms with Crippen molar-refractivity contribution in [2.45, 2.75) is 26.4 Å². The maximum absolute atomic E-state index is 10.5. The van der Waals surface area contributed by atoms with Gasteiger partial charge in [-0.05, 0) is 37.5 Å². The number of hydrogen-bond acceptors (Lipinski definition) is 5. The second kappa shape index (κ2) is 7.73. The Morgan fingerprint density at radius 3 is 2.50 bits per heavy atom. The minimum Gasteiger partial charge on any atom is -0.388 e. The Hall–Kier alpha value is -1.98. The quantitative estimate of drug-likeness (QED) is 0.914. The van der Waals surface area contributed by atoms with Crippen molar-refractivity contribution in [2.75, 3.05) is 37.6 Å². The van der Waals surface area contributed by atoms with Crippen LogP contribution in [-0.4, -0.2) is 52.7 Å². The summed E-state index contributed by atoms with van der Waals surface area (Å²) >= 11 is 0. The van der Waals surface area contributed by atoms with Gasteiger partial charge in [0.1, 0.15) is 0 Å². The third-order valence-electron chi connectivity index (χ3n) is 4.72. The molecule has 1 unspecified atom stereocenters. The van der Waals surface area contributed by atoms with E-state index in [1.165, 1.54) is 11.1 Å². The van der Waals surface area contributed by atoms with E-state index in [0.717, 1.165) is 50.7 Å². The lowest BCUT2D eigenvalue weighted by molar-refractivity contribution is 0.139. The van der Waals surface area contributed by atoms with Gasteiger partial charge in [-0.1, -0.05) is 23.8 Å². The molecule has 1 fully saturated rings. The van der Waals surface area contributed by atoms with E-state index in [1.54, 1.807) is 12.4 Å². The SMILES string of the molecule is Cc1ccc(C)c(C(O)CCN2CCN(c3ncccn3)CC2)c1. The number of anilines is 1. The summed E-state index contributed by atoms with van der Waals surface area (Å²) in [6.45, 7) is 8.89. The Morgan fingerprint density at radius 2 is 1.79 bits per heavy atom. The fraction of sp³-hybridized carbons (Fsp3) is 0.474. The lowest BCUT2D eigenvalue weighted by Crippen LogP contribution is -2.47. The summed E-state index contributed by atoms with van der Waals surface area (Å²) in [5.41, 5.74) is 3.43. The van der Waals surface area contributed by atoms with Crippen LogP contribution in [0.3, 0.4) is 0 Å². The van der Waals surface area contributed by atoms with Gasteiger partial charge in [-0.15, -0.1) is 0 Å². The highest BCUT2D eigenvalue weighted by molar-refractivity contribution is 5.32.